The molecule has 0 saturated carbocycles. The van der Waals surface area contributed by atoms with E-state index < -0.39 is 0 Å². The van der Waals surface area contributed by atoms with Gasteiger partial charge in [0, 0.05) is 20.5 Å². The number of nitrogens with one attached hydrogen (secondary N) is 1. The summed E-state index contributed by atoms with van der Waals surface area (Å²) in [6.45, 7) is 4.34. The summed E-state index contributed by atoms with van der Waals surface area (Å²) >= 11 is 5.25. The summed E-state index contributed by atoms with van der Waals surface area (Å²) in [7, 11) is 0. The quantitative estimate of drug-likeness (QED) is 0.446. The zero-order valence-corrected chi connectivity index (χ0v) is 18.9. The number of likely N-dealkylation sites (tertiary alicyclic amines) is 1. The summed E-state index contributed by atoms with van der Waals surface area (Å²) in [5, 5.41) is 4.18. The number of thiophene rings is 1. The van der Waals surface area contributed by atoms with Gasteiger partial charge in [0.2, 0.25) is 0 Å². The Labute approximate surface area is 184 Å². The topological polar surface area (TPSA) is 32.3 Å². The van der Waals surface area contributed by atoms with Gasteiger partial charge in [-0.3, -0.25) is 9.69 Å². The molecule has 1 atom stereocenters. The largest absolute Gasteiger partial charge is 0.313 e. The molecule has 1 amide bonds. The maximum Gasteiger partial charge on any atom is 0.256 e. The van der Waals surface area contributed by atoms with E-state index in [1.165, 1.54) is 28.8 Å². The average molecular weight is 469 g/mol. The number of hydrogen-bond acceptors (Lipinski definition) is 3. The van der Waals surface area contributed by atoms with Crippen molar-refractivity contribution in [2.24, 2.45) is 0 Å². The number of nitrogens with zero attached hydrogens (tertiary/aromatic N) is 1. The summed E-state index contributed by atoms with van der Waals surface area (Å²) in [5.41, 5.74) is 3.16. The van der Waals surface area contributed by atoms with E-state index in [4.69, 9.17) is 0 Å². The molecule has 2 heterocycles. The maximum atomic E-state index is 12.9. The highest BCUT2D eigenvalue weighted by molar-refractivity contribution is 9.10. The van der Waals surface area contributed by atoms with Crippen LogP contribution in [0.5, 0.6) is 0 Å². The lowest BCUT2D eigenvalue weighted by molar-refractivity contribution is 0.102. The van der Waals surface area contributed by atoms with E-state index in [9.17, 15) is 4.79 Å². The normalized spacial score (nSPS) is 15.4. The molecule has 1 aliphatic rings. The third-order valence-corrected chi connectivity index (χ3v) is 7.15. The number of halogens is 1. The Morgan fingerprint density at radius 1 is 1.10 bits per heavy atom. The number of benzene rings is 2. The second-order valence-electron chi connectivity index (χ2n) is 7.37. The van der Waals surface area contributed by atoms with Crippen LogP contribution in [0.3, 0.4) is 0 Å². The van der Waals surface area contributed by atoms with E-state index in [0.717, 1.165) is 29.0 Å². The second kappa shape index (κ2) is 9.24. The Balaban J connectivity index is 1.73. The molecule has 0 radical (unpaired) electrons. The van der Waals surface area contributed by atoms with Crippen LogP contribution >= 0.6 is 27.3 Å². The van der Waals surface area contributed by atoms with Crippen molar-refractivity contribution in [1.29, 1.82) is 0 Å². The van der Waals surface area contributed by atoms with Crippen LogP contribution in [-0.4, -0.2) is 23.9 Å². The van der Waals surface area contributed by atoms with Gasteiger partial charge in [-0.15, -0.1) is 11.3 Å². The molecule has 1 aliphatic heterocycles. The minimum atomic E-state index is -0.0488. The van der Waals surface area contributed by atoms with Crippen molar-refractivity contribution in [2.45, 2.75) is 32.2 Å². The maximum absolute atomic E-state index is 12.9. The Kier molecular flexibility index (Phi) is 6.48. The summed E-state index contributed by atoms with van der Waals surface area (Å²) in [4.78, 5) is 16.7. The zero-order chi connectivity index (χ0) is 20.2. The third-order valence-electron chi connectivity index (χ3n) is 5.41. The number of hydrogen-bond donors (Lipinski definition) is 1. The minimum Gasteiger partial charge on any atom is -0.313 e. The molecule has 150 valence electrons. The highest BCUT2D eigenvalue weighted by Crippen LogP contribution is 2.41. The van der Waals surface area contributed by atoms with E-state index in [2.05, 4.69) is 63.4 Å². The molecule has 29 heavy (non-hydrogen) atoms. The zero-order valence-electron chi connectivity index (χ0n) is 16.5. The Hall–Kier alpha value is -1.95. The first kappa shape index (κ1) is 20.3. The lowest BCUT2D eigenvalue weighted by Gasteiger charge is -2.28. The van der Waals surface area contributed by atoms with Gasteiger partial charge in [-0.2, -0.15) is 0 Å². The van der Waals surface area contributed by atoms with E-state index in [-0.39, 0.29) is 11.9 Å². The van der Waals surface area contributed by atoms with Crippen molar-refractivity contribution in [3.8, 4) is 0 Å². The summed E-state index contributed by atoms with van der Waals surface area (Å²) in [6, 6.07) is 20.5. The summed E-state index contributed by atoms with van der Waals surface area (Å²) < 4.78 is 1.08. The monoisotopic (exact) mass is 468 g/mol. The van der Waals surface area contributed by atoms with Gasteiger partial charge < -0.3 is 5.32 Å². The molecule has 0 spiro atoms. The number of anilines is 1. The van der Waals surface area contributed by atoms with Gasteiger partial charge in [0.25, 0.3) is 5.91 Å². The molecule has 1 fully saturated rings. The van der Waals surface area contributed by atoms with Crippen LogP contribution in [0.2, 0.25) is 0 Å². The minimum absolute atomic E-state index is 0.0488. The van der Waals surface area contributed by atoms with Gasteiger partial charge in [-0.05, 0) is 68.2 Å². The van der Waals surface area contributed by atoms with Crippen molar-refractivity contribution in [1.82, 2.24) is 4.90 Å². The molecular weight excluding hydrogens is 444 g/mol. The SMILES string of the molecule is CCc1cc([C@@H](c2ccc(Br)cc2)N2CCCC2)c(NC(=O)c2ccccc2)s1. The number of rotatable bonds is 6. The number of carbonyl (C=O) groups is 1. The highest BCUT2D eigenvalue weighted by Gasteiger charge is 2.29. The summed E-state index contributed by atoms with van der Waals surface area (Å²) in [6.07, 6.45) is 3.42. The first-order valence-corrected chi connectivity index (χ1v) is 11.7. The molecule has 3 nitrogen and oxygen atoms in total. The van der Waals surface area contributed by atoms with Gasteiger partial charge in [-0.1, -0.05) is 53.2 Å². The fraction of sp³-hybridized carbons (Fsp3) is 0.292. The van der Waals surface area contributed by atoms with Crippen molar-refractivity contribution in [2.75, 3.05) is 18.4 Å². The highest BCUT2D eigenvalue weighted by atomic mass is 79.9. The molecule has 1 saturated heterocycles. The van der Waals surface area contributed by atoms with Crippen LogP contribution in [0.4, 0.5) is 5.00 Å². The molecular formula is C24H25BrN2OS. The average Bonchev–Trinajstić information content (AvgIpc) is 3.41. The van der Waals surface area contributed by atoms with E-state index >= 15 is 0 Å². The predicted octanol–water partition coefficient (Wildman–Crippen LogP) is 6.51. The smallest absolute Gasteiger partial charge is 0.256 e. The molecule has 5 heteroatoms. The second-order valence-corrected chi connectivity index (χ2v) is 9.42. The summed E-state index contributed by atoms with van der Waals surface area (Å²) in [5.74, 6) is -0.0488. The number of carbonyl (C=O) groups excluding carboxylic acids is 1. The number of aryl methyl sites for hydroxylation is 1. The van der Waals surface area contributed by atoms with E-state index in [1.54, 1.807) is 11.3 Å². The Morgan fingerprint density at radius 3 is 2.45 bits per heavy atom. The van der Waals surface area contributed by atoms with Crippen molar-refractivity contribution in [3.63, 3.8) is 0 Å². The van der Waals surface area contributed by atoms with Crippen molar-refractivity contribution < 1.29 is 4.79 Å². The van der Waals surface area contributed by atoms with Crippen molar-refractivity contribution in [3.05, 3.63) is 86.7 Å². The third kappa shape index (κ3) is 4.63. The van der Waals surface area contributed by atoms with E-state index in [0.29, 0.717) is 5.56 Å². The van der Waals surface area contributed by atoms with E-state index in [1.807, 2.05) is 30.3 Å². The molecule has 3 aromatic rings. The number of amides is 1. The standard InChI is InChI=1S/C24H25BrN2OS/c1-2-20-16-21(24(29-20)26-23(28)18-8-4-3-5-9-18)22(27-14-6-7-15-27)17-10-12-19(25)13-11-17/h3-5,8-13,16,22H,2,6-7,14-15H2,1H3,(H,26,28)/t22-/m1/s1. The van der Waals surface area contributed by atoms with Gasteiger partial charge in [-0.25, -0.2) is 0 Å². The van der Waals surface area contributed by atoms with Gasteiger partial charge in [0.05, 0.1) is 6.04 Å². The van der Waals surface area contributed by atoms with Crippen molar-refractivity contribution >= 4 is 38.2 Å². The molecule has 4 rings (SSSR count). The lowest BCUT2D eigenvalue weighted by Crippen LogP contribution is -2.27. The fourth-order valence-electron chi connectivity index (χ4n) is 3.93. The molecule has 1 N–H and O–H groups in total. The fourth-order valence-corrected chi connectivity index (χ4v) is 5.22. The van der Waals surface area contributed by atoms with Gasteiger partial charge in [0.15, 0.2) is 0 Å². The van der Waals surface area contributed by atoms with Crippen LogP contribution in [0.15, 0.2) is 65.1 Å². The van der Waals surface area contributed by atoms with Gasteiger partial charge >= 0.3 is 0 Å². The van der Waals surface area contributed by atoms with Crippen LogP contribution in [0.25, 0.3) is 0 Å². The predicted molar refractivity (Wildman–Crippen MR) is 125 cm³/mol. The first-order valence-electron chi connectivity index (χ1n) is 10.1. The molecule has 2 aromatic carbocycles. The molecule has 1 aromatic heterocycles. The van der Waals surface area contributed by atoms with Gasteiger partial charge in [0.1, 0.15) is 5.00 Å². The molecule has 0 unspecified atom stereocenters. The lowest BCUT2D eigenvalue weighted by atomic mass is 9.98. The van der Waals surface area contributed by atoms with Crippen LogP contribution < -0.4 is 5.32 Å². The van der Waals surface area contributed by atoms with Crippen LogP contribution in [0, 0.1) is 0 Å². The Bertz CT molecular complexity index is 962. The Morgan fingerprint density at radius 2 is 1.79 bits per heavy atom. The molecule has 0 bridgehead atoms. The van der Waals surface area contributed by atoms with Crippen LogP contribution in [0.1, 0.15) is 52.2 Å². The van der Waals surface area contributed by atoms with Crippen LogP contribution in [-0.2, 0) is 6.42 Å². The first-order chi connectivity index (χ1) is 14.2. The molecule has 0 aliphatic carbocycles.